The normalized spacial score (nSPS) is 18.8. The minimum atomic E-state index is -0.0870. The highest BCUT2D eigenvalue weighted by Crippen LogP contribution is 2.55. The van der Waals surface area contributed by atoms with Crippen molar-refractivity contribution in [2.75, 3.05) is 10.2 Å². The van der Waals surface area contributed by atoms with Crippen molar-refractivity contribution in [1.29, 1.82) is 0 Å². The summed E-state index contributed by atoms with van der Waals surface area (Å²) in [5, 5.41) is 9.75. The molecule has 4 aliphatic rings. The Morgan fingerprint density at radius 2 is 0.976 bits per heavy atom. The molecule has 0 fully saturated rings. The second kappa shape index (κ2) is 17.6. The Balaban J connectivity index is 1.07. The third-order valence-electron chi connectivity index (χ3n) is 21.4. The minimum Gasteiger partial charge on any atom is -0.469 e. The maximum absolute atomic E-state index is 7.51. The highest BCUT2D eigenvalue weighted by atomic mass is 16.3. The van der Waals surface area contributed by atoms with Gasteiger partial charge in [0.15, 0.2) is 0 Å². The van der Waals surface area contributed by atoms with Gasteiger partial charge in [0, 0.05) is 60.7 Å². The smallest absolute Gasteiger partial charge is 0.245 e. The summed E-state index contributed by atoms with van der Waals surface area (Å²) in [6.45, 7) is 36.0. The Bertz CT molecular complexity index is 4600. The van der Waals surface area contributed by atoms with Crippen LogP contribution in [0.1, 0.15) is 181 Å². The van der Waals surface area contributed by atoms with Gasteiger partial charge in [-0.25, -0.2) is 0 Å². The molecule has 0 radical (unpaired) electrons. The van der Waals surface area contributed by atoms with Crippen molar-refractivity contribution < 1.29 is 13.3 Å². The Morgan fingerprint density at radius 3 is 1.62 bits per heavy atom. The maximum atomic E-state index is 7.51. The van der Waals surface area contributed by atoms with Gasteiger partial charge in [0.05, 0.1) is 17.0 Å². The monoisotopic (exact) mass is 1100 g/mol. The molecule has 0 bridgehead atoms. The van der Waals surface area contributed by atoms with Gasteiger partial charge < -0.3 is 23.5 Å². The molecular weight excluding hydrogens is 1020 g/mol. The Kier molecular flexibility index (Phi) is 11.2. The van der Waals surface area contributed by atoms with Crippen LogP contribution in [0.3, 0.4) is 0 Å². The fourth-order valence-electron chi connectivity index (χ4n) is 15.7. The molecule has 11 aromatic rings. The van der Waals surface area contributed by atoms with Crippen LogP contribution in [-0.4, -0.2) is 7.28 Å². The molecule has 5 nitrogen and oxygen atoms in total. The van der Waals surface area contributed by atoms with Crippen molar-refractivity contribution in [3.05, 3.63) is 172 Å². The molecule has 0 saturated heterocycles. The van der Waals surface area contributed by atoms with E-state index in [0.717, 1.165) is 144 Å². The zero-order chi connectivity index (χ0) is 58.6. The molecule has 0 amide bonds. The van der Waals surface area contributed by atoms with Crippen LogP contribution in [0, 0.1) is 0 Å². The van der Waals surface area contributed by atoms with Crippen LogP contribution >= 0.6 is 0 Å². The summed E-state index contributed by atoms with van der Waals surface area (Å²) >= 11 is 0. The van der Waals surface area contributed by atoms with Gasteiger partial charge in [-0.3, -0.25) is 0 Å². The lowest BCUT2D eigenvalue weighted by Crippen LogP contribution is -2.40. The number of fused-ring (bicyclic) bond motifs is 13. The van der Waals surface area contributed by atoms with Gasteiger partial charge in [0.2, 0.25) is 7.28 Å². The predicted molar refractivity (Wildman–Crippen MR) is 357 cm³/mol. The number of benzene rings is 8. The van der Waals surface area contributed by atoms with E-state index in [2.05, 4.69) is 248 Å². The van der Waals surface area contributed by atoms with Crippen LogP contribution in [0.15, 0.2) is 147 Å². The quantitative estimate of drug-likeness (QED) is 0.174. The average Bonchev–Trinajstić information content (AvgIpc) is 1.52. The standard InChI is InChI=1S/C78H81BN2O3/c1-72(2,3)45-25-28-61(48(35-45)44-21-17-16-18-22-44)81-62-40-51-47-23-19-20-24-63(47)83-70(51)67(68(62)79-71-69(81)53-38-57-59(43-66(53)84-71)78(14,15)34-32-76(57,10)11)52-41-64-50(49-37-56-58(42-65(49)82-64)77(12,13)33-31-75(56,8)9)39-60(52)80-46-26-27-54-55(36-46)74(6,7)30-29-73(54,4)5/h16-28,35-43,79-80H,29-34H2,1-15H3. The number of rotatable bonds is 5. The minimum absolute atomic E-state index is 0.00536. The lowest BCUT2D eigenvalue weighted by atomic mass is 9.60. The fraction of sp³-hybridized carbons (Fsp3) is 0.359. The van der Waals surface area contributed by atoms with E-state index in [-0.39, 0.29) is 37.9 Å². The van der Waals surface area contributed by atoms with Gasteiger partial charge in [0.25, 0.3) is 0 Å². The number of hydrogen-bond donors (Lipinski definition) is 1. The van der Waals surface area contributed by atoms with Crippen molar-refractivity contribution in [2.45, 2.75) is 180 Å². The molecular formula is C78H81BN2O3. The van der Waals surface area contributed by atoms with Crippen molar-refractivity contribution >= 4 is 102 Å². The van der Waals surface area contributed by atoms with E-state index < -0.39 is 0 Å². The van der Waals surface area contributed by atoms with E-state index in [1.54, 1.807) is 0 Å². The largest absolute Gasteiger partial charge is 0.469 e. The van der Waals surface area contributed by atoms with Crippen LogP contribution in [-0.2, 0) is 37.9 Å². The number of para-hydroxylation sites is 1. The van der Waals surface area contributed by atoms with E-state index in [4.69, 9.17) is 13.3 Å². The topological polar surface area (TPSA) is 54.7 Å². The first kappa shape index (κ1) is 53.3. The van der Waals surface area contributed by atoms with Crippen molar-refractivity contribution in [2.24, 2.45) is 0 Å². The van der Waals surface area contributed by atoms with Crippen LogP contribution in [0.25, 0.3) is 77.1 Å². The lowest BCUT2D eigenvalue weighted by molar-refractivity contribution is 0.332. The summed E-state index contributed by atoms with van der Waals surface area (Å²) in [5.74, 6) is 0. The Hall–Kier alpha value is -7.44. The lowest BCUT2D eigenvalue weighted by Gasteiger charge is -2.42. The van der Waals surface area contributed by atoms with Crippen LogP contribution in [0.4, 0.5) is 28.4 Å². The predicted octanol–water partition coefficient (Wildman–Crippen LogP) is 20.8. The van der Waals surface area contributed by atoms with Gasteiger partial charge in [-0.2, -0.15) is 0 Å². The first-order valence-corrected chi connectivity index (χ1v) is 31.2. The molecule has 1 aliphatic heterocycles. The van der Waals surface area contributed by atoms with Gasteiger partial charge in [0.1, 0.15) is 27.9 Å². The molecule has 4 heterocycles. The maximum Gasteiger partial charge on any atom is 0.245 e. The van der Waals surface area contributed by atoms with E-state index in [0.29, 0.717) is 7.28 Å². The SMILES string of the molecule is CC(C)(C)c1ccc(N2c3cc4c(oc5ccccc54)c(-c4cc5oc6cc7c(cc6c5cc4Nc4ccc5c(c4)C(C)(C)CCC5(C)C)C(C)(C)CCC7(C)C)c3Bc3oc4cc5c(cc4c32)C(C)(C)CCC5(C)C)c(-c2ccccc2)c1. The van der Waals surface area contributed by atoms with Crippen LogP contribution < -0.4 is 21.3 Å². The van der Waals surface area contributed by atoms with Crippen molar-refractivity contribution in [3.63, 3.8) is 0 Å². The summed E-state index contributed by atoms with van der Waals surface area (Å²) in [6, 6.07) is 50.9. The first-order valence-electron chi connectivity index (χ1n) is 31.2. The fourth-order valence-corrected chi connectivity index (χ4v) is 15.7. The van der Waals surface area contributed by atoms with Gasteiger partial charge in [-0.1, -0.05) is 165 Å². The molecule has 0 spiro atoms. The third-order valence-corrected chi connectivity index (χ3v) is 21.4. The molecule has 15 rings (SSSR count). The van der Waals surface area contributed by atoms with Crippen LogP contribution in [0.5, 0.6) is 0 Å². The molecule has 0 atom stereocenters. The van der Waals surface area contributed by atoms with Crippen LogP contribution in [0.2, 0.25) is 0 Å². The van der Waals surface area contributed by atoms with Crippen molar-refractivity contribution in [3.8, 4) is 22.3 Å². The molecule has 0 unspecified atom stereocenters. The summed E-state index contributed by atoms with van der Waals surface area (Å²) in [5.41, 5.74) is 26.2. The Labute approximate surface area is 497 Å². The molecule has 8 aromatic carbocycles. The summed E-state index contributed by atoms with van der Waals surface area (Å²) in [7, 11) is 0.549. The molecule has 6 heteroatoms. The van der Waals surface area contributed by atoms with E-state index in [9.17, 15) is 0 Å². The summed E-state index contributed by atoms with van der Waals surface area (Å²) in [4.78, 5) is 2.58. The van der Waals surface area contributed by atoms with Gasteiger partial charge >= 0.3 is 0 Å². The number of furan rings is 3. The van der Waals surface area contributed by atoms with E-state index >= 15 is 0 Å². The molecule has 1 N–H and O–H groups in total. The van der Waals surface area contributed by atoms with Crippen molar-refractivity contribution in [1.82, 2.24) is 0 Å². The number of nitrogens with one attached hydrogen (secondary N) is 1. The van der Waals surface area contributed by atoms with Gasteiger partial charge in [-0.15, -0.1) is 0 Å². The second-order valence-electron chi connectivity index (χ2n) is 30.9. The number of anilines is 5. The summed E-state index contributed by atoms with van der Waals surface area (Å²) in [6.07, 6.45) is 6.81. The Morgan fingerprint density at radius 1 is 0.429 bits per heavy atom. The average molecular weight is 1110 g/mol. The number of hydrogen-bond acceptors (Lipinski definition) is 5. The highest BCUT2D eigenvalue weighted by molar-refractivity contribution is 6.73. The molecule has 0 saturated carbocycles. The molecule has 3 aromatic heterocycles. The highest BCUT2D eigenvalue weighted by Gasteiger charge is 2.43. The van der Waals surface area contributed by atoms with E-state index in [1.807, 2.05) is 0 Å². The molecule has 3 aliphatic carbocycles. The zero-order valence-corrected chi connectivity index (χ0v) is 52.3. The first-order chi connectivity index (χ1) is 39.7. The number of nitrogens with zero attached hydrogens (tertiary/aromatic N) is 1. The second-order valence-corrected chi connectivity index (χ2v) is 30.9. The molecule has 424 valence electrons. The summed E-state index contributed by atoms with van der Waals surface area (Å²) < 4.78 is 22.1. The van der Waals surface area contributed by atoms with E-state index in [1.165, 1.54) is 50.1 Å². The van der Waals surface area contributed by atoms with Gasteiger partial charge in [-0.05, 0) is 199 Å². The molecule has 84 heavy (non-hydrogen) atoms. The third kappa shape index (κ3) is 8.00. The zero-order valence-electron chi connectivity index (χ0n) is 52.3.